The summed E-state index contributed by atoms with van der Waals surface area (Å²) in [7, 11) is 0. The normalized spacial score (nSPS) is 13.4. The van der Waals surface area contributed by atoms with E-state index in [-0.39, 0.29) is 18.0 Å². The van der Waals surface area contributed by atoms with E-state index in [1.54, 1.807) is 0 Å². The molecule has 0 bridgehead atoms. The minimum absolute atomic E-state index is 0.0195. The Balaban J connectivity index is 1.87. The Morgan fingerprint density at radius 1 is 1.00 bits per heavy atom. The maximum absolute atomic E-state index is 12.3. The van der Waals surface area contributed by atoms with E-state index in [1.807, 2.05) is 31.2 Å². The molecular weight excluding hydrogens is 284 g/mol. The summed E-state index contributed by atoms with van der Waals surface area (Å²) < 4.78 is 0. The lowest BCUT2D eigenvalue weighted by atomic mass is 10.0. The number of aryl methyl sites for hydroxylation is 2. The molecule has 0 heterocycles. The van der Waals surface area contributed by atoms with E-state index in [4.69, 9.17) is 0 Å². The van der Waals surface area contributed by atoms with Crippen LogP contribution < -0.4 is 10.6 Å². The number of carbonyl (C=O) groups is 1. The average molecular weight is 310 g/mol. The summed E-state index contributed by atoms with van der Waals surface area (Å²) in [5, 5.41) is 6.36. The van der Waals surface area contributed by atoms with Crippen LogP contribution in [0.25, 0.3) is 0 Å². The molecule has 2 rings (SSSR count). The van der Waals surface area contributed by atoms with Gasteiger partial charge in [-0.05, 0) is 44.4 Å². The van der Waals surface area contributed by atoms with Gasteiger partial charge in [-0.1, -0.05) is 54.1 Å². The Labute approximate surface area is 139 Å². The standard InChI is InChI=1S/C20H26N2O/c1-14-9-11-18(12-10-14)13-21-20(23)17(4)22-16(3)19-8-6-5-7-15(19)2/h5-12,16-17,22H,13H2,1-4H3,(H,21,23)/t16-,17-/m0/s1. The Bertz CT molecular complexity index is 649. The van der Waals surface area contributed by atoms with Crippen molar-refractivity contribution in [2.75, 3.05) is 0 Å². The Morgan fingerprint density at radius 3 is 2.30 bits per heavy atom. The Kier molecular flexibility index (Phi) is 5.94. The number of amides is 1. The van der Waals surface area contributed by atoms with Crippen molar-refractivity contribution < 1.29 is 4.79 Å². The third-order valence-corrected chi connectivity index (χ3v) is 4.14. The van der Waals surface area contributed by atoms with E-state index >= 15 is 0 Å². The molecule has 122 valence electrons. The molecule has 0 aromatic heterocycles. The summed E-state index contributed by atoms with van der Waals surface area (Å²) >= 11 is 0. The summed E-state index contributed by atoms with van der Waals surface area (Å²) in [6, 6.07) is 16.4. The molecule has 0 radical (unpaired) electrons. The van der Waals surface area contributed by atoms with Crippen LogP contribution in [-0.4, -0.2) is 11.9 Å². The third kappa shape index (κ3) is 4.93. The number of hydrogen-bond donors (Lipinski definition) is 2. The van der Waals surface area contributed by atoms with Gasteiger partial charge in [0.1, 0.15) is 0 Å². The lowest BCUT2D eigenvalue weighted by molar-refractivity contribution is -0.123. The molecule has 0 saturated carbocycles. The maximum atomic E-state index is 12.3. The molecule has 3 nitrogen and oxygen atoms in total. The molecule has 0 aliphatic rings. The van der Waals surface area contributed by atoms with Gasteiger partial charge in [-0.3, -0.25) is 10.1 Å². The van der Waals surface area contributed by atoms with Crippen molar-refractivity contribution in [2.45, 2.75) is 46.3 Å². The van der Waals surface area contributed by atoms with E-state index in [0.29, 0.717) is 6.54 Å². The lowest BCUT2D eigenvalue weighted by Gasteiger charge is -2.21. The zero-order valence-electron chi connectivity index (χ0n) is 14.4. The molecule has 0 unspecified atom stereocenters. The first-order valence-electron chi connectivity index (χ1n) is 8.12. The van der Waals surface area contributed by atoms with Crippen LogP contribution in [0, 0.1) is 13.8 Å². The predicted octanol–water partition coefficient (Wildman–Crippen LogP) is 3.66. The van der Waals surface area contributed by atoms with Crippen LogP contribution in [-0.2, 0) is 11.3 Å². The largest absolute Gasteiger partial charge is 0.351 e. The van der Waals surface area contributed by atoms with Gasteiger partial charge in [-0.25, -0.2) is 0 Å². The van der Waals surface area contributed by atoms with Gasteiger partial charge in [0.05, 0.1) is 6.04 Å². The molecular formula is C20H26N2O. The number of hydrogen-bond acceptors (Lipinski definition) is 2. The van der Waals surface area contributed by atoms with Crippen molar-refractivity contribution in [2.24, 2.45) is 0 Å². The van der Waals surface area contributed by atoms with Crippen LogP contribution in [0.2, 0.25) is 0 Å². The summed E-state index contributed by atoms with van der Waals surface area (Å²) in [4.78, 5) is 12.3. The van der Waals surface area contributed by atoms with Crippen LogP contribution in [0.5, 0.6) is 0 Å². The highest BCUT2D eigenvalue weighted by Gasteiger charge is 2.16. The number of nitrogens with one attached hydrogen (secondary N) is 2. The zero-order valence-corrected chi connectivity index (χ0v) is 14.4. The fraction of sp³-hybridized carbons (Fsp3) is 0.350. The van der Waals surface area contributed by atoms with Crippen molar-refractivity contribution in [3.63, 3.8) is 0 Å². The molecule has 2 aromatic carbocycles. The number of rotatable bonds is 6. The molecule has 3 heteroatoms. The van der Waals surface area contributed by atoms with Crippen LogP contribution >= 0.6 is 0 Å². The highest BCUT2D eigenvalue weighted by Crippen LogP contribution is 2.17. The topological polar surface area (TPSA) is 41.1 Å². The quantitative estimate of drug-likeness (QED) is 0.855. The van der Waals surface area contributed by atoms with Gasteiger partial charge < -0.3 is 5.32 Å². The van der Waals surface area contributed by atoms with Crippen LogP contribution in [0.4, 0.5) is 0 Å². The summed E-state index contributed by atoms with van der Waals surface area (Å²) in [6.45, 7) is 8.70. The van der Waals surface area contributed by atoms with E-state index in [2.05, 4.69) is 55.7 Å². The molecule has 2 atom stereocenters. The van der Waals surface area contributed by atoms with Gasteiger partial charge in [-0.2, -0.15) is 0 Å². The van der Waals surface area contributed by atoms with Gasteiger partial charge in [0.25, 0.3) is 0 Å². The predicted molar refractivity (Wildman–Crippen MR) is 95.2 cm³/mol. The van der Waals surface area contributed by atoms with Gasteiger partial charge in [0.2, 0.25) is 5.91 Å². The maximum Gasteiger partial charge on any atom is 0.237 e. The van der Waals surface area contributed by atoms with E-state index in [0.717, 1.165) is 5.56 Å². The molecule has 2 aromatic rings. The highest BCUT2D eigenvalue weighted by molar-refractivity contribution is 5.81. The lowest BCUT2D eigenvalue weighted by Crippen LogP contribution is -2.42. The number of carbonyl (C=O) groups excluding carboxylic acids is 1. The van der Waals surface area contributed by atoms with E-state index in [9.17, 15) is 4.79 Å². The Hall–Kier alpha value is -2.13. The molecule has 2 N–H and O–H groups in total. The van der Waals surface area contributed by atoms with Crippen molar-refractivity contribution >= 4 is 5.91 Å². The Morgan fingerprint density at radius 2 is 1.65 bits per heavy atom. The minimum Gasteiger partial charge on any atom is -0.351 e. The second-order valence-electron chi connectivity index (χ2n) is 6.17. The second-order valence-corrected chi connectivity index (χ2v) is 6.17. The fourth-order valence-electron chi connectivity index (χ4n) is 2.66. The molecule has 0 aliphatic heterocycles. The smallest absolute Gasteiger partial charge is 0.237 e. The molecule has 23 heavy (non-hydrogen) atoms. The van der Waals surface area contributed by atoms with Crippen molar-refractivity contribution in [3.8, 4) is 0 Å². The van der Waals surface area contributed by atoms with Crippen molar-refractivity contribution in [1.29, 1.82) is 0 Å². The van der Waals surface area contributed by atoms with E-state index < -0.39 is 0 Å². The van der Waals surface area contributed by atoms with Crippen LogP contribution in [0.15, 0.2) is 48.5 Å². The SMILES string of the molecule is Cc1ccc(CNC(=O)[C@H](C)N[C@@H](C)c2ccccc2C)cc1. The zero-order chi connectivity index (χ0) is 16.8. The highest BCUT2D eigenvalue weighted by atomic mass is 16.2. The van der Waals surface area contributed by atoms with Gasteiger partial charge in [-0.15, -0.1) is 0 Å². The van der Waals surface area contributed by atoms with E-state index in [1.165, 1.54) is 16.7 Å². The van der Waals surface area contributed by atoms with Crippen LogP contribution in [0.3, 0.4) is 0 Å². The fourth-order valence-corrected chi connectivity index (χ4v) is 2.66. The van der Waals surface area contributed by atoms with Crippen molar-refractivity contribution in [1.82, 2.24) is 10.6 Å². The van der Waals surface area contributed by atoms with Gasteiger partial charge in [0.15, 0.2) is 0 Å². The molecule has 0 saturated heterocycles. The first kappa shape index (κ1) is 17.2. The summed E-state index contributed by atoms with van der Waals surface area (Å²) in [5.74, 6) is 0.0195. The van der Waals surface area contributed by atoms with Crippen molar-refractivity contribution in [3.05, 3.63) is 70.8 Å². The number of benzene rings is 2. The summed E-state index contributed by atoms with van der Waals surface area (Å²) in [6.07, 6.45) is 0. The second kappa shape index (κ2) is 7.93. The molecule has 1 amide bonds. The first-order chi connectivity index (χ1) is 11.0. The van der Waals surface area contributed by atoms with Gasteiger partial charge >= 0.3 is 0 Å². The molecule has 0 spiro atoms. The molecule has 0 aliphatic carbocycles. The monoisotopic (exact) mass is 310 g/mol. The molecule has 0 fully saturated rings. The van der Waals surface area contributed by atoms with Gasteiger partial charge in [0, 0.05) is 12.6 Å². The third-order valence-electron chi connectivity index (χ3n) is 4.14. The van der Waals surface area contributed by atoms with Crippen LogP contribution in [0.1, 0.15) is 42.1 Å². The first-order valence-corrected chi connectivity index (χ1v) is 8.12. The minimum atomic E-state index is -0.241. The summed E-state index contributed by atoms with van der Waals surface area (Å²) in [5.41, 5.74) is 4.80. The average Bonchev–Trinajstić information content (AvgIpc) is 2.54.